The average Bonchev–Trinajstić information content (AvgIpc) is 2.54. The molecular weight excluding hydrogens is 336 g/mol. The van der Waals surface area contributed by atoms with Crippen LogP contribution < -0.4 is 9.47 Å². The van der Waals surface area contributed by atoms with Crippen molar-refractivity contribution in [3.63, 3.8) is 0 Å². The Morgan fingerprint density at radius 2 is 2.17 bits per heavy atom. The molecule has 122 valence electrons. The summed E-state index contributed by atoms with van der Waals surface area (Å²) in [6.45, 7) is 0.384. The lowest BCUT2D eigenvalue weighted by atomic mass is 10.2. The predicted octanol–water partition coefficient (Wildman–Crippen LogP) is 2.73. The van der Waals surface area contributed by atoms with E-state index in [1.807, 2.05) is 0 Å². The van der Waals surface area contributed by atoms with Gasteiger partial charge in [0.1, 0.15) is 5.75 Å². The molecule has 0 radical (unpaired) electrons. The number of pyridine rings is 1. The number of nitrogens with zero attached hydrogens (tertiary/aromatic N) is 2. The monoisotopic (exact) mass is 352 g/mol. The molecule has 0 atom stereocenters. The summed E-state index contributed by atoms with van der Waals surface area (Å²) in [5.74, 6) is 0.786. The molecule has 7 heteroatoms. The number of carbonyl (C=O) groups is 1. The van der Waals surface area contributed by atoms with Gasteiger partial charge in [-0.25, -0.2) is 0 Å². The molecule has 1 heterocycles. The maximum atomic E-state index is 12.2. The first-order valence-corrected chi connectivity index (χ1v) is 8.25. The Kier molecular flexibility index (Phi) is 6.12. The largest absolute Gasteiger partial charge is 0.618 e. The van der Waals surface area contributed by atoms with Gasteiger partial charge in [0.05, 0.1) is 12.9 Å². The molecule has 0 unspecified atom stereocenters. The minimum absolute atomic E-state index is 0.0825. The molecule has 0 spiro atoms. The average molecular weight is 353 g/mol. The Bertz CT molecular complexity index is 697. The quantitative estimate of drug-likeness (QED) is 0.455. The summed E-state index contributed by atoms with van der Waals surface area (Å²) in [4.78, 5) is 13.8. The molecule has 0 aliphatic carbocycles. The highest BCUT2D eigenvalue weighted by Crippen LogP contribution is 2.24. The van der Waals surface area contributed by atoms with Crippen LogP contribution in [0, 0.1) is 5.21 Å². The van der Waals surface area contributed by atoms with Crippen molar-refractivity contribution in [2.24, 2.45) is 0 Å². The van der Waals surface area contributed by atoms with Gasteiger partial charge in [-0.1, -0.05) is 11.6 Å². The van der Waals surface area contributed by atoms with Gasteiger partial charge >= 0.3 is 0 Å². The van der Waals surface area contributed by atoms with Gasteiger partial charge in [0.15, 0.2) is 6.20 Å². The van der Waals surface area contributed by atoms with E-state index in [0.29, 0.717) is 22.3 Å². The normalized spacial score (nSPS) is 10.4. The zero-order valence-electron chi connectivity index (χ0n) is 12.9. The van der Waals surface area contributed by atoms with E-state index in [1.54, 1.807) is 55.5 Å². The van der Waals surface area contributed by atoms with E-state index in [2.05, 4.69) is 0 Å². The molecule has 0 aliphatic heterocycles. The molecule has 0 fully saturated rings. The Morgan fingerprint density at radius 3 is 2.87 bits per heavy atom. The van der Waals surface area contributed by atoms with Crippen molar-refractivity contribution in [2.45, 2.75) is 11.6 Å². The summed E-state index contributed by atoms with van der Waals surface area (Å²) in [5.41, 5.74) is 0.833. The number of methoxy groups -OCH3 is 1. The minimum atomic E-state index is -0.0825. The maximum Gasteiger partial charge on any atom is 0.251 e. The third kappa shape index (κ3) is 4.77. The Morgan fingerprint density at radius 1 is 1.39 bits per heavy atom. The highest BCUT2D eigenvalue weighted by atomic mass is 35.5. The zero-order chi connectivity index (χ0) is 16.8. The predicted molar refractivity (Wildman–Crippen MR) is 90.6 cm³/mol. The van der Waals surface area contributed by atoms with Crippen molar-refractivity contribution in [1.82, 2.24) is 4.90 Å². The fraction of sp³-hybridized carbons (Fsp3) is 0.250. The van der Waals surface area contributed by atoms with Crippen LogP contribution in [0.3, 0.4) is 0 Å². The Hall–Kier alpha value is -1.92. The number of hydrogen-bond acceptors (Lipinski definition) is 4. The summed E-state index contributed by atoms with van der Waals surface area (Å²) >= 11 is 7.20. The van der Waals surface area contributed by atoms with Crippen molar-refractivity contribution in [3.8, 4) is 5.75 Å². The molecular formula is C16H17ClN2O3S. The first kappa shape index (κ1) is 17.4. The SMILES string of the molecule is COc1ccc(Cl)cc1CN(C)C(=O)CSc1cccc[n+]1[O-]. The second kappa shape index (κ2) is 8.08. The number of aromatic nitrogens is 1. The lowest BCUT2D eigenvalue weighted by Gasteiger charge is -2.18. The zero-order valence-corrected chi connectivity index (χ0v) is 14.4. The highest BCUT2D eigenvalue weighted by molar-refractivity contribution is 7.99. The van der Waals surface area contributed by atoms with Gasteiger partial charge in [-0.05, 0) is 36.0 Å². The van der Waals surface area contributed by atoms with Crippen LogP contribution in [0.25, 0.3) is 0 Å². The molecule has 5 nitrogen and oxygen atoms in total. The fourth-order valence-corrected chi connectivity index (χ4v) is 3.03. The van der Waals surface area contributed by atoms with Crippen LogP contribution in [0.1, 0.15) is 5.56 Å². The van der Waals surface area contributed by atoms with E-state index in [4.69, 9.17) is 16.3 Å². The molecule has 2 rings (SSSR count). The van der Waals surface area contributed by atoms with Gasteiger partial charge in [0, 0.05) is 36.3 Å². The van der Waals surface area contributed by atoms with E-state index in [0.717, 1.165) is 10.3 Å². The summed E-state index contributed by atoms with van der Waals surface area (Å²) < 4.78 is 6.03. The minimum Gasteiger partial charge on any atom is -0.618 e. The summed E-state index contributed by atoms with van der Waals surface area (Å²) in [6, 6.07) is 10.4. The summed E-state index contributed by atoms with van der Waals surface area (Å²) in [5, 5.41) is 12.6. The Balaban J connectivity index is 1.98. The van der Waals surface area contributed by atoms with Gasteiger partial charge in [-0.15, -0.1) is 0 Å². The van der Waals surface area contributed by atoms with E-state index < -0.39 is 0 Å². The number of thioether (sulfide) groups is 1. The number of benzene rings is 1. The summed E-state index contributed by atoms with van der Waals surface area (Å²) in [7, 11) is 3.28. The smallest absolute Gasteiger partial charge is 0.251 e. The first-order chi connectivity index (χ1) is 11.0. The summed E-state index contributed by atoms with van der Waals surface area (Å²) in [6.07, 6.45) is 1.41. The van der Waals surface area contributed by atoms with E-state index in [-0.39, 0.29) is 11.7 Å². The highest BCUT2D eigenvalue weighted by Gasteiger charge is 2.15. The van der Waals surface area contributed by atoms with E-state index in [9.17, 15) is 10.0 Å². The molecule has 0 saturated carbocycles. The van der Waals surface area contributed by atoms with Crippen LogP contribution in [0.4, 0.5) is 0 Å². The third-order valence-corrected chi connectivity index (χ3v) is 4.45. The topological polar surface area (TPSA) is 56.5 Å². The van der Waals surface area contributed by atoms with Gasteiger partial charge in [-0.3, -0.25) is 4.79 Å². The molecule has 1 aromatic carbocycles. The number of amides is 1. The van der Waals surface area contributed by atoms with Crippen molar-refractivity contribution in [2.75, 3.05) is 19.9 Å². The molecule has 0 saturated heterocycles. The van der Waals surface area contributed by atoms with Crippen LogP contribution in [0.15, 0.2) is 47.6 Å². The van der Waals surface area contributed by atoms with Crippen LogP contribution in [0.2, 0.25) is 5.02 Å². The van der Waals surface area contributed by atoms with E-state index >= 15 is 0 Å². The molecule has 23 heavy (non-hydrogen) atoms. The van der Waals surface area contributed by atoms with Gasteiger partial charge in [0.25, 0.3) is 5.03 Å². The molecule has 0 N–H and O–H groups in total. The van der Waals surface area contributed by atoms with Crippen LogP contribution in [0.5, 0.6) is 5.75 Å². The second-order valence-electron chi connectivity index (χ2n) is 4.86. The lowest BCUT2D eigenvalue weighted by Crippen LogP contribution is -2.31. The molecule has 0 bridgehead atoms. The van der Waals surface area contributed by atoms with Crippen LogP contribution in [-0.4, -0.2) is 30.7 Å². The van der Waals surface area contributed by atoms with Gasteiger partial charge < -0.3 is 14.8 Å². The number of halogens is 1. The van der Waals surface area contributed by atoms with Crippen molar-refractivity contribution in [3.05, 3.63) is 58.4 Å². The van der Waals surface area contributed by atoms with Crippen LogP contribution in [-0.2, 0) is 11.3 Å². The number of rotatable bonds is 6. The van der Waals surface area contributed by atoms with Crippen molar-refractivity contribution >= 4 is 29.3 Å². The maximum absolute atomic E-state index is 12.2. The lowest BCUT2D eigenvalue weighted by molar-refractivity contribution is -0.645. The van der Waals surface area contributed by atoms with Gasteiger partial charge in [-0.2, -0.15) is 4.73 Å². The third-order valence-electron chi connectivity index (χ3n) is 3.21. The molecule has 2 aromatic rings. The number of hydrogen-bond donors (Lipinski definition) is 0. The molecule has 0 aliphatic rings. The Labute approximate surface area is 144 Å². The number of carbonyl (C=O) groups excluding carboxylic acids is 1. The second-order valence-corrected chi connectivity index (χ2v) is 6.29. The van der Waals surface area contributed by atoms with E-state index in [1.165, 1.54) is 18.0 Å². The first-order valence-electron chi connectivity index (χ1n) is 6.88. The standard InChI is InChI=1S/C16H17ClN2O3S/c1-18(10-12-9-13(17)6-7-14(12)22-2)15(20)11-23-16-5-3-4-8-19(16)21/h3-9H,10-11H2,1-2H3. The molecule has 1 aromatic heterocycles. The van der Waals surface area contributed by atoms with Crippen LogP contribution >= 0.6 is 23.4 Å². The molecule has 1 amide bonds. The van der Waals surface area contributed by atoms with Crippen molar-refractivity contribution in [1.29, 1.82) is 0 Å². The fourth-order valence-electron chi connectivity index (χ4n) is 1.98. The van der Waals surface area contributed by atoms with Gasteiger partial charge in [0.2, 0.25) is 5.91 Å². The van der Waals surface area contributed by atoms with Crippen molar-refractivity contribution < 1.29 is 14.3 Å². The number of ether oxygens (including phenoxy) is 1.